The van der Waals surface area contributed by atoms with Gasteiger partial charge >= 0.3 is 5.97 Å². The van der Waals surface area contributed by atoms with Crippen molar-refractivity contribution in [2.24, 2.45) is 0 Å². The highest BCUT2D eigenvalue weighted by molar-refractivity contribution is 7.13. The third-order valence-electron chi connectivity index (χ3n) is 2.95. The van der Waals surface area contributed by atoms with E-state index in [1.807, 2.05) is 13.0 Å². The Morgan fingerprint density at radius 2 is 2.32 bits per heavy atom. The van der Waals surface area contributed by atoms with Crippen LogP contribution in [0.3, 0.4) is 0 Å². The van der Waals surface area contributed by atoms with E-state index >= 15 is 0 Å². The quantitative estimate of drug-likeness (QED) is 0.765. The zero-order valence-corrected chi connectivity index (χ0v) is 12.9. The molecule has 0 aromatic carbocycles. The fraction of sp³-hybridized carbons (Fsp3) is 0.267. The zero-order valence-electron chi connectivity index (χ0n) is 12.0. The van der Waals surface area contributed by atoms with Crippen LogP contribution in [0.5, 0.6) is 0 Å². The number of carboxylic acids is 1. The van der Waals surface area contributed by atoms with Gasteiger partial charge in [0, 0.05) is 5.38 Å². The SMILES string of the molecule is C=CCCC(NC(=O)c1csc(-c2ccc(C)o2)n1)C(=O)O. The molecule has 0 spiro atoms. The first-order valence-electron chi connectivity index (χ1n) is 6.68. The summed E-state index contributed by atoms with van der Waals surface area (Å²) in [5.41, 5.74) is 0.180. The highest BCUT2D eigenvalue weighted by Gasteiger charge is 2.21. The summed E-state index contributed by atoms with van der Waals surface area (Å²) in [6.45, 7) is 5.36. The lowest BCUT2D eigenvalue weighted by atomic mass is 10.1. The second-order valence-corrected chi connectivity index (χ2v) is 5.54. The number of rotatable bonds is 7. The molecule has 1 unspecified atom stereocenters. The lowest BCUT2D eigenvalue weighted by Crippen LogP contribution is -2.40. The first-order valence-corrected chi connectivity index (χ1v) is 7.56. The van der Waals surface area contributed by atoms with E-state index in [-0.39, 0.29) is 5.69 Å². The van der Waals surface area contributed by atoms with E-state index < -0.39 is 17.9 Å². The number of furan rings is 1. The van der Waals surface area contributed by atoms with Crippen molar-refractivity contribution in [1.29, 1.82) is 0 Å². The Kier molecular flexibility index (Phi) is 5.11. The number of aromatic nitrogens is 1. The Bertz CT molecular complexity index is 689. The van der Waals surface area contributed by atoms with E-state index in [2.05, 4.69) is 16.9 Å². The minimum Gasteiger partial charge on any atom is -0.480 e. The summed E-state index contributed by atoms with van der Waals surface area (Å²) in [6, 6.07) is 2.63. The van der Waals surface area contributed by atoms with E-state index in [0.29, 0.717) is 23.6 Å². The van der Waals surface area contributed by atoms with Gasteiger partial charge in [-0.15, -0.1) is 17.9 Å². The molecule has 2 aromatic heterocycles. The molecule has 0 aliphatic heterocycles. The molecule has 0 saturated carbocycles. The van der Waals surface area contributed by atoms with Crippen LogP contribution in [0.2, 0.25) is 0 Å². The van der Waals surface area contributed by atoms with Gasteiger partial charge in [-0.1, -0.05) is 6.08 Å². The number of allylic oxidation sites excluding steroid dienone is 1. The molecule has 1 amide bonds. The average Bonchev–Trinajstić information content (AvgIpc) is 3.11. The highest BCUT2D eigenvalue weighted by Crippen LogP contribution is 2.25. The summed E-state index contributed by atoms with van der Waals surface area (Å²) in [6.07, 6.45) is 2.41. The van der Waals surface area contributed by atoms with Crippen LogP contribution < -0.4 is 5.32 Å². The van der Waals surface area contributed by atoms with Gasteiger partial charge in [0.25, 0.3) is 5.91 Å². The van der Waals surface area contributed by atoms with Crippen molar-refractivity contribution in [3.63, 3.8) is 0 Å². The van der Waals surface area contributed by atoms with Gasteiger partial charge < -0.3 is 14.8 Å². The Balaban J connectivity index is 2.07. The van der Waals surface area contributed by atoms with E-state index in [0.717, 1.165) is 5.76 Å². The van der Waals surface area contributed by atoms with E-state index in [9.17, 15) is 9.59 Å². The van der Waals surface area contributed by atoms with Crippen molar-refractivity contribution in [3.8, 4) is 10.8 Å². The minimum atomic E-state index is -1.08. The van der Waals surface area contributed by atoms with Gasteiger partial charge in [-0.25, -0.2) is 9.78 Å². The van der Waals surface area contributed by atoms with E-state index in [4.69, 9.17) is 9.52 Å². The standard InChI is InChI=1S/C15H16N2O4S/c1-3-4-5-10(15(19)20)16-13(18)11-8-22-14(17-11)12-7-6-9(2)21-12/h3,6-8,10H,1,4-5H2,2H3,(H,16,18)(H,19,20). The van der Waals surface area contributed by atoms with Crippen molar-refractivity contribution >= 4 is 23.2 Å². The maximum absolute atomic E-state index is 12.1. The third-order valence-corrected chi connectivity index (χ3v) is 3.81. The number of amides is 1. The zero-order chi connectivity index (χ0) is 16.1. The van der Waals surface area contributed by atoms with Gasteiger partial charge in [-0.05, 0) is 31.9 Å². The molecular formula is C15H16N2O4S. The number of carbonyl (C=O) groups excluding carboxylic acids is 1. The number of carbonyl (C=O) groups is 2. The molecule has 0 saturated heterocycles. The molecular weight excluding hydrogens is 304 g/mol. The lowest BCUT2D eigenvalue weighted by molar-refractivity contribution is -0.139. The summed E-state index contributed by atoms with van der Waals surface area (Å²) in [5, 5.41) is 13.7. The minimum absolute atomic E-state index is 0.180. The molecule has 0 bridgehead atoms. The third kappa shape index (κ3) is 3.82. The topological polar surface area (TPSA) is 92.4 Å². The van der Waals surface area contributed by atoms with Gasteiger partial charge in [-0.3, -0.25) is 4.79 Å². The summed E-state index contributed by atoms with van der Waals surface area (Å²) >= 11 is 1.27. The molecule has 6 nitrogen and oxygen atoms in total. The van der Waals surface area contributed by atoms with Gasteiger partial charge in [-0.2, -0.15) is 0 Å². The molecule has 116 valence electrons. The predicted octanol–water partition coefficient (Wildman–Crippen LogP) is 2.86. The van der Waals surface area contributed by atoms with Crippen molar-refractivity contribution in [2.45, 2.75) is 25.8 Å². The number of hydrogen-bond acceptors (Lipinski definition) is 5. The molecule has 0 aliphatic carbocycles. The lowest BCUT2D eigenvalue weighted by Gasteiger charge is -2.12. The Labute approximate surface area is 131 Å². The molecule has 2 heterocycles. The number of hydrogen-bond donors (Lipinski definition) is 2. The van der Waals surface area contributed by atoms with Crippen LogP contribution in [0.15, 0.2) is 34.6 Å². The van der Waals surface area contributed by atoms with Crippen molar-refractivity contribution in [2.75, 3.05) is 0 Å². The summed E-state index contributed by atoms with van der Waals surface area (Å²) < 4.78 is 5.45. The molecule has 2 aromatic rings. The summed E-state index contributed by atoms with van der Waals surface area (Å²) in [5.74, 6) is -0.246. The van der Waals surface area contributed by atoms with Gasteiger partial charge in [0.15, 0.2) is 10.8 Å². The predicted molar refractivity (Wildman–Crippen MR) is 82.9 cm³/mol. The Hall–Kier alpha value is -2.41. The molecule has 7 heteroatoms. The number of aliphatic carboxylic acids is 1. The van der Waals surface area contributed by atoms with Crippen LogP contribution in [0.4, 0.5) is 0 Å². The number of carboxylic acid groups (broad SMARTS) is 1. The fourth-order valence-corrected chi connectivity index (χ4v) is 2.57. The van der Waals surface area contributed by atoms with Crippen molar-refractivity contribution in [3.05, 3.63) is 41.6 Å². The van der Waals surface area contributed by atoms with Crippen molar-refractivity contribution in [1.82, 2.24) is 10.3 Å². The van der Waals surface area contributed by atoms with Gasteiger partial charge in [0.2, 0.25) is 0 Å². The monoisotopic (exact) mass is 320 g/mol. The second-order valence-electron chi connectivity index (χ2n) is 4.68. The van der Waals surface area contributed by atoms with Crippen LogP contribution >= 0.6 is 11.3 Å². The fourth-order valence-electron chi connectivity index (χ4n) is 1.81. The first kappa shape index (κ1) is 16.0. The van der Waals surface area contributed by atoms with Crippen LogP contribution in [0.25, 0.3) is 10.8 Å². The summed E-state index contributed by atoms with van der Waals surface area (Å²) in [4.78, 5) is 27.4. The Morgan fingerprint density at radius 1 is 1.55 bits per heavy atom. The first-order chi connectivity index (χ1) is 10.5. The number of aryl methyl sites for hydroxylation is 1. The summed E-state index contributed by atoms with van der Waals surface area (Å²) in [7, 11) is 0. The molecule has 0 fully saturated rings. The van der Waals surface area contributed by atoms with Gasteiger partial charge in [0.1, 0.15) is 17.5 Å². The molecule has 0 aliphatic rings. The molecule has 2 N–H and O–H groups in total. The van der Waals surface area contributed by atoms with E-state index in [1.165, 1.54) is 11.3 Å². The molecule has 2 rings (SSSR count). The average molecular weight is 320 g/mol. The van der Waals surface area contributed by atoms with Crippen LogP contribution in [0.1, 0.15) is 29.1 Å². The highest BCUT2D eigenvalue weighted by atomic mass is 32.1. The number of nitrogens with zero attached hydrogens (tertiary/aromatic N) is 1. The van der Waals surface area contributed by atoms with Crippen LogP contribution in [-0.4, -0.2) is 28.0 Å². The normalized spacial score (nSPS) is 11.9. The maximum atomic E-state index is 12.1. The second kappa shape index (κ2) is 7.04. The Morgan fingerprint density at radius 3 is 2.91 bits per heavy atom. The largest absolute Gasteiger partial charge is 0.480 e. The van der Waals surface area contributed by atoms with Gasteiger partial charge in [0.05, 0.1) is 0 Å². The van der Waals surface area contributed by atoms with Crippen LogP contribution in [0, 0.1) is 6.92 Å². The molecule has 0 radical (unpaired) electrons. The van der Waals surface area contributed by atoms with E-state index in [1.54, 1.807) is 17.5 Å². The number of thiazole rings is 1. The van der Waals surface area contributed by atoms with Crippen LogP contribution in [-0.2, 0) is 4.79 Å². The maximum Gasteiger partial charge on any atom is 0.326 e. The number of nitrogens with one attached hydrogen (secondary N) is 1. The molecule has 1 atom stereocenters. The smallest absolute Gasteiger partial charge is 0.326 e. The molecule has 22 heavy (non-hydrogen) atoms. The van der Waals surface area contributed by atoms with Crippen molar-refractivity contribution < 1.29 is 19.1 Å².